The van der Waals surface area contributed by atoms with Crippen molar-refractivity contribution in [1.82, 2.24) is 20.2 Å². The maximum atomic E-state index is 4.41. The molecule has 0 aliphatic rings. The number of nitrogens with zero attached hydrogens (tertiary/aromatic N) is 4. The van der Waals surface area contributed by atoms with Crippen LogP contribution in [-0.2, 0) is 0 Å². The normalized spacial score (nSPS) is 11.0. The van der Waals surface area contributed by atoms with Gasteiger partial charge in [-0.25, -0.2) is 9.97 Å². The molecule has 0 unspecified atom stereocenters. The van der Waals surface area contributed by atoms with Crippen molar-refractivity contribution < 1.29 is 0 Å². The molecular weight excluding hydrogens is 164 g/mol. The first-order chi connectivity index (χ1) is 6.27. The molecule has 0 saturated heterocycles. The lowest BCUT2D eigenvalue weighted by molar-refractivity contribution is 0.819. The molecule has 2 aromatic heterocycles. The minimum Gasteiger partial charge on any atom is -0.247 e. The first-order valence-corrected chi connectivity index (χ1v) is 4.21. The highest BCUT2D eigenvalue weighted by Crippen LogP contribution is 2.12. The van der Waals surface area contributed by atoms with E-state index in [1.807, 2.05) is 6.07 Å². The van der Waals surface area contributed by atoms with Gasteiger partial charge in [-0.15, -0.1) is 5.10 Å². The molecule has 2 heterocycles. The fourth-order valence-corrected chi connectivity index (χ4v) is 1.07. The second kappa shape index (κ2) is 3.05. The van der Waals surface area contributed by atoms with Gasteiger partial charge >= 0.3 is 0 Å². The summed E-state index contributed by atoms with van der Waals surface area (Å²) in [4.78, 5) is 8.58. The molecule has 0 aromatic carbocycles. The Morgan fingerprint density at radius 3 is 2.92 bits per heavy atom. The van der Waals surface area contributed by atoms with Crippen molar-refractivity contribution in [3.8, 4) is 0 Å². The summed E-state index contributed by atoms with van der Waals surface area (Å²) in [6.45, 7) is 4.18. The first kappa shape index (κ1) is 8.04. The molecular formula is C9H10N4. The maximum absolute atomic E-state index is 4.41. The summed E-state index contributed by atoms with van der Waals surface area (Å²) in [5.41, 5.74) is 2.40. The van der Waals surface area contributed by atoms with Gasteiger partial charge < -0.3 is 0 Å². The SMILES string of the molecule is CC(C)c1cnc2nnccc2n1. The van der Waals surface area contributed by atoms with Gasteiger partial charge in [0.25, 0.3) is 0 Å². The highest BCUT2D eigenvalue weighted by Gasteiger charge is 2.03. The van der Waals surface area contributed by atoms with Crippen molar-refractivity contribution in [2.75, 3.05) is 0 Å². The lowest BCUT2D eigenvalue weighted by Crippen LogP contribution is -1.96. The molecule has 0 fully saturated rings. The topological polar surface area (TPSA) is 51.6 Å². The molecule has 0 spiro atoms. The number of rotatable bonds is 1. The first-order valence-electron chi connectivity index (χ1n) is 4.21. The van der Waals surface area contributed by atoms with Crippen molar-refractivity contribution >= 4 is 11.2 Å². The Morgan fingerprint density at radius 1 is 1.31 bits per heavy atom. The number of hydrogen-bond acceptors (Lipinski definition) is 4. The summed E-state index contributed by atoms with van der Waals surface area (Å²) in [6.07, 6.45) is 3.38. The number of aromatic nitrogens is 4. The van der Waals surface area contributed by atoms with E-state index in [2.05, 4.69) is 34.0 Å². The third-order valence-corrected chi connectivity index (χ3v) is 1.84. The summed E-state index contributed by atoms with van der Waals surface area (Å²) in [5, 5.41) is 7.59. The summed E-state index contributed by atoms with van der Waals surface area (Å²) in [6, 6.07) is 1.82. The van der Waals surface area contributed by atoms with Crippen LogP contribution in [0.25, 0.3) is 11.2 Å². The maximum Gasteiger partial charge on any atom is 0.200 e. The van der Waals surface area contributed by atoms with Crippen LogP contribution in [0, 0.1) is 0 Å². The van der Waals surface area contributed by atoms with Crippen molar-refractivity contribution in [2.45, 2.75) is 19.8 Å². The Morgan fingerprint density at radius 2 is 2.15 bits per heavy atom. The highest BCUT2D eigenvalue weighted by atomic mass is 15.1. The van der Waals surface area contributed by atoms with E-state index in [1.54, 1.807) is 12.4 Å². The van der Waals surface area contributed by atoms with Gasteiger partial charge in [-0.3, -0.25) is 0 Å². The lowest BCUT2D eigenvalue weighted by atomic mass is 10.1. The zero-order valence-corrected chi connectivity index (χ0v) is 7.60. The summed E-state index contributed by atoms with van der Waals surface area (Å²) < 4.78 is 0. The van der Waals surface area contributed by atoms with Gasteiger partial charge in [0.1, 0.15) is 5.52 Å². The van der Waals surface area contributed by atoms with Gasteiger partial charge in [-0.05, 0) is 12.0 Å². The average Bonchev–Trinajstić information content (AvgIpc) is 2.17. The molecule has 0 bridgehead atoms. The van der Waals surface area contributed by atoms with Crippen LogP contribution < -0.4 is 0 Å². The third-order valence-electron chi connectivity index (χ3n) is 1.84. The molecule has 0 aliphatic heterocycles. The van der Waals surface area contributed by atoms with E-state index in [4.69, 9.17) is 0 Å². The molecule has 2 rings (SSSR count). The molecule has 0 saturated carbocycles. The van der Waals surface area contributed by atoms with E-state index < -0.39 is 0 Å². The van der Waals surface area contributed by atoms with Crippen LogP contribution in [0.1, 0.15) is 25.5 Å². The van der Waals surface area contributed by atoms with E-state index in [9.17, 15) is 0 Å². The predicted octanol–water partition coefficient (Wildman–Crippen LogP) is 1.54. The van der Waals surface area contributed by atoms with Gasteiger partial charge in [0.05, 0.1) is 18.1 Å². The van der Waals surface area contributed by atoms with Crippen LogP contribution in [0.4, 0.5) is 0 Å². The van der Waals surface area contributed by atoms with Gasteiger partial charge in [-0.2, -0.15) is 5.10 Å². The molecule has 2 aromatic rings. The van der Waals surface area contributed by atoms with E-state index in [0.29, 0.717) is 11.6 Å². The molecule has 0 radical (unpaired) electrons. The fraction of sp³-hybridized carbons (Fsp3) is 0.333. The number of fused-ring (bicyclic) bond motifs is 1. The standard InChI is InChI=1S/C9H10N4/c1-6(2)8-5-10-9-7(12-8)3-4-11-13-9/h3-6H,1-2H3. The second-order valence-electron chi connectivity index (χ2n) is 3.19. The van der Waals surface area contributed by atoms with Crippen LogP contribution in [0.2, 0.25) is 0 Å². The molecule has 0 atom stereocenters. The molecule has 13 heavy (non-hydrogen) atoms. The zero-order chi connectivity index (χ0) is 9.26. The van der Waals surface area contributed by atoms with Crippen LogP contribution in [0.3, 0.4) is 0 Å². The van der Waals surface area contributed by atoms with Crippen LogP contribution >= 0.6 is 0 Å². The molecule has 4 nitrogen and oxygen atoms in total. The van der Waals surface area contributed by atoms with Crippen LogP contribution in [0.15, 0.2) is 18.5 Å². The Labute approximate surface area is 76.1 Å². The fourth-order valence-electron chi connectivity index (χ4n) is 1.07. The Kier molecular flexibility index (Phi) is 1.88. The zero-order valence-electron chi connectivity index (χ0n) is 7.60. The molecule has 66 valence electrons. The van der Waals surface area contributed by atoms with E-state index in [-0.39, 0.29) is 0 Å². The molecule has 4 heteroatoms. The van der Waals surface area contributed by atoms with E-state index in [1.165, 1.54) is 0 Å². The van der Waals surface area contributed by atoms with Crippen LogP contribution in [0.5, 0.6) is 0 Å². The van der Waals surface area contributed by atoms with Crippen LogP contribution in [-0.4, -0.2) is 20.2 Å². The highest BCUT2D eigenvalue weighted by molar-refractivity contribution is 5.67. The minimum atomic E-state index is 0.394. The minimum absolute atomic E-state index is 0.394. The second-order valence-corrected chi connectivity index (χ2v) is 3.19. The van der Waals surface area contributed by atoms with Gasteiger partial charge in [0.15, 0.2) is 5.65 Å². The average molecular weight is 174 g/mol. The third kappa shape index (κ3) is 1.47. The monoisotopic (exact) mass is 174 g/mol. The van der Waals surface area contributed by atoms with Crippen molar-refractivity contribution in [3.63, 3.8) is 0 Å². The summed E-state index contributed by atoms with van der Waals surface area (Å²) in [5.74, 6) is 0.394. The largest absolute Gasteiger partial charge is 0.247 e. The Balaban J connectivity index is 2.62. The van der Waals surface area contributed by atoms with Gasteiger partial charge in [0, 0.05) is 0 Å². The van der Waals surface area contributed by atoms with Crippen molar-refractivity contribution in [1.29, 1.82) is 0 Å². The van der Waals surface area contributed by atoms with E-state index in [0.717, 1.165) is 11.2 Å². The quantitative estimate of drug-likeness (QED) is 0.658. The van der Waals surface area contributed by atoms with Gasteiger partial charge in [-0.1, -0.05) is 13.8 Å². The summed E-state index contributed by atoms with van der Waals surface area (Å²) >= 11 is 0. The number of hydrogen-bond donors (Lipinski definition) is 0. The van der Waals surface area contributed by atoms with Crippen molar-refractivity contribution in [2.24, 2.45) is 0 Å². The van der Waals surface area contributed by atoms with Crippen molar-refractivity contribution in [3.05, 3.63) is 24.2 Å². The Bertz CT molecular complexity index is 425. The lowest BCUT2D eigenvalue weighted by Gasteiger charge is -2.03. The predicted molar refractivity (Wildman–Crippen MR) is 49.2 cm³/mol. The Hall–Kier alpha value is -1.58. The molecule has 0 N–H and O–H groups in total. The van der Waals surface area contributed by atoms with E-state index >= 15 is 0 Å². The molecule has 0 amide bonds. The molecule has 0 aliphatic carbocycles. The summed E-state index contributed by atoms with van der Waals surface area (Å²) in [7, 11) is 0. The smallest absolute Gasteiger partial charge is 0.200 e. The van der Waals surface area contributed by atoms with Gasteiger partial charge in [0.2, 0.25) is 0 Å².